The largest absolute Gasteiger partial charge is 0.325 e. The Morgan fingerprint density at radius 1 is 1.05 bits per heavy atom. The van der Waals surface area contributed by atoms with Crippen LogP contribution in [-0.2, 0) is 14.6 Å². The third-order valence-corrected chi connectivity index (χ3v) is 5.17. The van der Waals surface area contributed by atoms with Gasteiger partial charge in [-0.3, -0.25) is 4.79 Å². The number of amides is 1. The molecule has 0 fully saturated rings. The minimum atomic E-state index is -3.69. The predicted molar refractivity (Wildman–Crippen MR) is 88.1 cm³/mol. The maximum absolute atomic E-state index is 12.2. The van der Waals surface area contributed by atoms with Crippen LogP contribution in [0.1, 0.15) is 11.1 Å². The first-order valence-electron chi connectivity index (χ1n) is 6.63. The fourth-order valence-electron chi connectivity index (χ4n) is 1.91. The van der Waals surface area contributed by atoms with E-state index in [1.807, 2.05) is 26.0 Å². The Morgan fingerprint density at radius 3 is 2.27 bits per heavy atom. The highest BCUT2D eigenvalue weighted by molar-refractivity contribution is 7.92. The lowest BCUT2D eigenvalue weighted by Gasteiger charge is -2.08. The first-order valence-corrected chi connectivity index (χ1v) is 8.66. The minimum absolute atomic E-state index is 0.0761. The van der Waals surface area contributed by atoms with Crippen molar-refractivity contribution in [3.8, 4) is 0 Å². The van der Waals surface area contributed by atoms with E-state index in [-0.39, 0.29) is 4.90 Å². The Bertz CT molecular complexity index is 799. The van der Waals surface area contributed by atoms with Crippen molar-refractivity contribution < 1.29 is 13.2 Å². The summed E-state index contributed by atoms with van der Waals surface area (Å²) >= 11 is 5.73. The van der Waals surface area contributed by atoms with Crippen LogP contribution in [0.15, 0.2) is 47.4 Å². The maximum atomic E-state index is 12.2. The number of benzene rings is 2. The second-order valence-corrected chi connectivity index (χ2v) is 7.49. The van der Waals surface area contributed by atoms with E-state index in [0.717, 1.165) is 11.1 Å². The summed E-state index contributed by atoms with van der Waals surface area (Å²) in [7, 11) is -3.69. The number of sulfone groups is 1. The van der Waals surface area contributed by atoms with E-state index >= 15 is 0 Å². The second-order valence-electron chi connectivity index (χ2n) is 5.06. The first kappa shape index (κ1) is 16.5. The van der Waals surface area contributed by atoms with Gasteiger partial charge in [-0.25, -0.2) is 8.42 Å². The number of nitrogens with one attached hydrogen (secondary N) is 1. The highest BCUT2D eigenvalue weighted by atomic mass is 35.5. The van der Waals surface area contributed by atoms with Crippen molar-refractivity contribution in [2.45, 2.75) is 18.7 Å². The van der Waals surface area contributed by atoms with Gasteiger partial charge < -0.3 is 5.32 Å². The summed E-state index contributed by atoms with van der Waals surface area (Å²) in [6, 6.07) is 11.2. The normalized spacial score (nSPS) is 11.2. The summed E-state index contributed by atoms with van der Waals surface area (Å²) < 4.78 is 24.3. The standard InChI is InChI=1S/C16H16ClNO3S/c1-11-3-6-14(9-12(11)2)18-16(19)10-22(20,21)15-7-4-13(17)5-8-15/h3-9H,10H2,1-2H3,(H,18,19). The highest BCUT2D eigenvalue weighted by Gasteiger charge is 2.19. The molecule has 0 aliphatic rings. The molecule has 1 amide bonds. The molecule has 0 spiro atoms. The molecule has 0 aliphatic heterocycles. The third kappa shape index (κ3) is 4.08. The van der Waals surface area contributed by atoms with Gasteiger partial charge in [0.05, 0.1) is 4.90 Å². The first-order chi connectivity index (χ1) is 10.3. The molecule has 116 valence electrons. The van der Waals surface area contributed by atoms with E-state index in [9.17, 15) is 13.2 Å². The van der Waals surface area contributed by atoms with E-state index < -0.39 is 21.5 Å². The number of rotatable bonds is 4. The number of halogens is 1. The van der Waals surface area contributed by atoms with Gasteiger partial charge in [0.25, 0.3) is 0 Å². The minimum Gasteiger partial charge on any atom is -0.325 e. The molecule has 4 nitrogen and oxygen atoms in total. The molecule has 0 aromatic heterocycles. The van der Waals surface area contributed by atoms with E-state index in [2.05, 4.69) is 5.32 Å². The van der Waals surface area contributed by atoms with Crippen LogP contribution >= 0.6 is 11.6 Å². The van der Waals surface area contributed by atoms with Crippen molar-refractivity contribution in [1.82, 2.24) is 0 Å². The topological polar surface area (TPSA) is 63.2 Å². The van der Waals surface area contributed by atoms with E-state index in [1.54, 1.807) is 6.07 Å². The van der Waals surface area contributed by atoms with Crippen molar-refractivity contribution >= 4 is 33.0 Å². The molecule has 0 radical (unpaired) electrons. The van der Waals surface area contributed by atoms with Crippen molar-refractivity contribution in [3.63, 3.8) is 0 Å². The van der Waals surface area contributed by atoms with Gasteiger partial charge in [-0.15, -0.1) is 0 Å². The van der Waals surface area contributed by atoms with Gasteiger partial charge >= 0.3 is 0 Å². The lowest BCUT2D eigenvalue weighted by molar-refractivity contribution is -0.113. The highest BCUT2D eigenvalue weighted by Crippen LogP contribution is 2.17. The summed E-state index contributed by atoms with van der Waals surface area (Å²) in [5.41, 5.74) is 2.71. The molecule has 2 rings (SSSR count). The molecule has 6 heteroatoms. The Kier molecular flexibility index (Phi) is 4.88. The fraction of sp³-hybridized carbons (Fsp3) is 0.188. The van der Waals surface area contributed by atoms with Gasteiger partial charge in [-0.2, -0.15) is 0 Å². The zero-order valence-corrected chi connectivity index (χ0v) is 13.8. The molecule has 0 unspecified atom stereocenters. The van der Waals surface area contributed by atoms with E-state index in [0.29, 0.717) is 10.7 Å². The Balaban J connectivity index is 2.10. The SMILES string of the molecule is Cc1ccc(NC(=O)CS(=O)(=O)c2ccc(Cl)cc2)cc1C. The Morgan fingerprint density at radius 2 is 1.68 bits per heavy atom. The van der Waals surface area contributed by atoms with Crippen LogP contribution in [-0.4, -0.2) is 20.1 Å². The van der Waals surface area contributed by atoms with Crippen LogP contribution < -0.4 is 5.32 Å². The van der Waals surface area contributed by atoms with Crippen LogP contribution in [0, 0.1) is 13.8 Å². The van der Waals surface area contributed by atoms with Gasteiger partial charge in [-0.1, -0.05) is 17.7 Å². The van der Waals surface area contributed by atoms with Gasteiger partial charge in [0.15, 0.2) is 9.84 Å². The molecule has 0 bridgehead atoms. The quantitative estimate of drug-likeness (QED) is 0.930. The number of aryl methyl sites for hydroxylation is 2. The van der Waals surface area contributed by atoms with Crippen LogP contribution in [0.4, 0.5) is 5.69 Å². The lowest BCUT2D eigenvalue weighted by atomic mass is 10.1. The lowest BCUT2D eigenvalue weighted by Crippen LogP contribution is -2.23. The third-order valence-electron chi connectivity index (χ3n) is 3.28. The summed E-state index contributed by atoms with van der Waals surface area (Å²) in [5, 5.41) is 3.05. The number of hydrogen-bond acceptors (Lipinski definition) is 3. The predicted octanol–water partition coefficient (Wildman–Crippen LogP) is 3.37. The van der Waals surface area contributed by atoms with Gasteiger partial charge in [0, 0.05) is 10.7 Å². The van der Waals surface area contributed by atoms with Crippen molar-refractivity contribution in [2.24, 2.45) is 0 Å². The Labute approximate surface area is 135 Å². The van der Waals surface area contributed by atoms with Crippen molar-refractivity contribution in [3.05, 3.63) is 58.6 Å². The van der Waals surface area contributed by atoms with Crippen LogP contribution in [0.2, 0.25) is 5.02 Å². The molecule has 0 atom stereocenters. The molecular formula is C16H16ClNO3S. The maximum Gasteiger partial charge on any atom is 0.239 e. The molecule has 0 heterocycles. The molecule has 0 saturated carbocycles. The zero-order chi connectivity index (χ0) is 16.3. The number of carbonyl (C=O) groups is 1. The number of hydrogen-bond donors (Lipinski definition) is 1. The van der Waals surface area contributed by atoms with Crippen molar-refractivity contribution in [1.29, 1.82) is 0 Å². The molecule has 0 aliphatic carbocycles. The van der Waals surface area contributed by atoms with Gasteiger partial charge in [0.1, 0.15) is 5.75 Å². The smallest absolute Gasteiger partial charge is 0.239 e. The molecule has 1 N–H and O–H groups in total. The average Bonchev–Trinajstić information content (AvgIpc) is 2.42. The summed E-state index contributed by atoms with van der Waals surface area (Å²) in [4.78, 5) is 12.0. The van der Waals surface area contributed by atoms with Gasteiger partial charge in [-0.05, 0) is 61.4 Å². The molecular weight excluding hydrogens is 322 g/mol. The molecule has 2 aromatic rings. The van der Waals surface area contributed by atoms with E-state index in [4.69, 9.17) is 11.6 Å². The molecule has 22 heavy (non-hydrogen) atoms. The van der Waals surface area contributed by atoms with Crippen LogP contribution in [0.25, 0.3) is 0 Å². The summed E-state index contributed by atoms with van der Waals surface area (Å²) in [6.45, 7) is 3.89. The zero-order valence-electron chi connectivity index (χ0n) is 12.3. The molecule has 2 aromatic carbocycles. The fourth-order valence-corrected chi connectivity index (χ4v) is 3.17. The van der Waals surface area contributed by atoms with E-state index in [1.165, 1.54) is 24.3 Å². The van der Waals surface area contributed by atoms with Gasteiger partial charge in [0.2, 0.25) is 5.91 Å². The second kappa shape index (κ2) is 6.50. The van der Waals surface area contributed by atoms with Crippen LogP contribution in [0.5, 0.6) is 0 Å². The Hall–Kier alpha value is -1.85. The average molecular weight is 338 g/mol. The monoisotopic (exact) mass is 337 g/mol. The summed E-state index contributed by atoms with van der Waals surface area (Å²) in [5.74, 6) is -1.18. The number of carbonyl (C=O) groups excluding carboxylic acids is 1. The number of anilines is 1. The molecule has 0 saturated heterocycles. The van der Waals surface area contributed by atoms with Crippen molar-refractivity contribution in [2.75, 3.05) is 11.1 Å². The summed E-state index contributed by atoms with van der Waals surface area (Å²) in [6.07, 6.45) is 0. The van der Waals surface area contributed by atoms with Crippen LogP contribution in [0.3, 0.4) is 0 Å².